The van der Waals surface area contributed by atoms with Crippen molar-refractivity contribution in [2.75, 3.05) is 11.9 Å². The van der Waals surface area contributed by atoms with E-state index in [-0.39, 0.29) is 5.82 Å². The van der Waals surface area contributed by atoms with Crippen molar-refractivity contribution in [2.24, 2.45) is 0 Å². The van der Waals surface area contributed by atoms with E-state index in [2.05, 4.69) is 29.6 Å². The van der Waals surface area contributed by atoms with E-state index in [1.54, 1.807) is 6.07 Å². The molecule has 3 rings (SSSR count). The molecule has 0 heterocycles. The van der Waals surface area contributed by atoms with Gasteiger partial charge in [0.2, 0.25) is 0 Å². The van der Waals surface area contributed by atoms with Crippen LogP contribution < -0.4 is 5.32 Å². The van der Waals surface area contributed by atoms with Gasteiger partial charge in [0.1, 0.15) is 5.82 Å². The van der Waals surface area contributed by atoms with Gasteiger partial charge in [-0.25, -0.2) is 4.39 Å². The highest BCUT2D eigenvalue weighted by Crippen LogP contribution is 2.34. The second-order valence-electron chi connectivity index (χ2n) is 4.49. The molecular weight excluding hydrogens is 213 g/mol. The van der Waals surface area contributed by atoms with Gasteiger partial charge in [-0.1, -0.05) is 30.3 Å². The summed E-state index contributed by atoms with van der Waals surface area (Å²) in [5.74, 6) is 0.374. The summed E-state index contributed by atoms with van der Waals surface area (Å²) in [7, 11) is 0. The Kier molecular flexibility index (Phi) is 2.56. The van der Waals surface area contributed by atoms with Crippen LogP contribution >= 0.6 is 0 Å². The Morgan fingerprint density at radius 3 is 2.82 bits per heavy atom. The molecule has 2 aromatic rings. The zero-order chi connectivity index (χ0) is 11.7. The van der Waals surface area contributed by atoms with Crippen LogP contribution in [0.5, 0.6) is 0 Å². The van der Waals surface area contributed by atoms with Crippen LogP contribution in [0, 0.1) is 5.82 Å². The Morgan fingerprint density at radius 2 is 2.00 bits per heavy atom. The Balaban J connectivity index is 1.64. The Labute approximate surface area is 100 Å². The highest BCUT2D eigenvalue weighted by atomic mass is 19.1. The molecule has 1 aliphatic rings. The molecule has 0 fully saturated rings. The van der Waals surface area contributed by atoms with Gasteiger partial charge in [0.25, 0.3) is 0 Å². The molecule has 0 saturated heterocycles. The maximum absolute atomic E-state index is 13.0. The van der Waals surface area contributed by atoms with Gasteiger partial charge in [-0.15, -0.1) is 0 Å². The zero-order valence-corrected chi connectivity index (χ0v) is 9.49. The number of hydrogen-bond donors (Lipinski definition) is 1. The minimum absolute atomic E-state index is 0.191. The largest absolute Gasteiger partial charge is 0.384 e. The molecule has 86 valence electrons. The normalized spacial score (nSPS) is 17.1. The Bertz CT molecular complexity index is 536. The number of rotatable bonds is 3. The summed E-state index contributed by atoms with van der Waals surface area (Å²) < 4.78 is 13.0. The fourth-order valence-corrected chi connectivity index (χ4v) is 2.38. The molecule has 1 aliphatic carbocycles. The second-order valence-corrected chi connectivity index (χ2v) is 4.49. The van der Waals surface area contributed by atoms with Crippen LogP contribution in [0.25, 0.3) is 0 Å². The molecule has 2 aromatic carbocycles. The molecule has 1 nitrogen and oxygen atoms in total. The number of hydrogen-bond acceptors (Lipinski definition) is 1. The van der Waals surface area contributed by atoms with Gasteiger partial charge in [-0.2, -0.15) is 0 Å². The number of halogens is 1. The van der Waals surface area contributed by atoms with Crippen molar-refractivity contribution in [3.05, 3.63) is 65.5 Å². The van der Waals surface area contributed by atoms with E-state index < -0.39 is 0 Å². The van der Waals surface area contributed by atoms with E-state index in [9.17, 15) is 4.39 Å². The van der Waals surface area contributed by atoms with E-state index in [0.29, 0.717) is 5.92 Å². The van der Waals surface area contributed by atoms with E-state index in [0.717, 1.165) is 18.7 Å². The zero-order valence-electron chi connectivity index (χ0n) is 9.49. The van der Waals surface area contributed by atoms with Gasteiger partial charge >= 0.3 is 0 Å². The molecule has 0 saturated carbocycles. The van der Waals surface area contributed by atoms with Crippen LogP contribution in [0.1, 0.15) is 17.0 Å². The van der Waals surface area contributed by atoms with Crippen molar-refractivity contribution in [3.63, 3.8) is 0 Å². The summed E-state index contributed by atoms with van der Waals surface area (Å²) >= 11 is 0. The van der Waals surface area contributed by atoms with Crippen molar-refractivity contribution in [1.82, 2.24) is 0 Å². The maximum Gasteiger partial charge on any atom is 0.125 e. The summed E-state index contributed by atoms with van der Waals surface area (Å²) in [5, 5.41) is 3.29. The smallest absolute Gasteiger partial charge is 0.125 e. The van der Waals surface area contributed by atoms with Gasteiger partial charge in [-0.05, 0) is 35.7 Å². The van der Waals surface area contributed by atoms with Crippen molar-refractivity contribution in [1.29, 1.82) is 0 Å². The Morgan fingerprint density at radius 1 is 1.12 bits per heavy atom. The monoisotopic (exact) mass is 227 g/mol. The predicted octanol–water partition coefficient (Wildman–Crippen LogP) is 3.58. The third-order valence-electron chi connectivity index (χ3n) is 3.34. The highest BCUT2D eigenvalue weighted by molar-refractivity contribution is 5.46. The van der Waals surface area contributed by atoms with Crippen molar-refractivity contribution in [3.8, 4) is 0 Å². The molecule has 1 atom stereocenters. The van der Waals surface area contributed by atoms with Gasteiger partial charge in [0.05, 0.1) is 0 Å². The van der Waals surface area contributed by atoms with Gasteiger partial charge < -0.3 is 5.32 Å². The van der Waals surface area contributed by atoms with E-state index in [1.807, 2.05) is 6.07 Å². The molecular formula is C15H14FN. The van der Waals surface area contributed by atoms with Crippen LogP contribution in [-0.4, -0.2) is 6.54 Å². The lowest BCUT2D eigenvalue weighted by atomic mass is 9.77. The molecule has 0 aromatic heterocycles. The first-order valence-corrected chi connectivity index (χ1v) is 5.90. The number of benzene rings is 2. The van der Waals surface area contributed by atoms with Crippen LogP contribution in [0.15, 0.2) is 48.5 Å². The lowest BCUT2D eigenvalue weighted by molar-refractivity contribution is 0.624. The van der Waals surface area contributed by atoms with Crippen LogP contribution in [0.3, 0.4) is 0 Å². The lowest BCUT2D eigenvalue weighted by Gasteiger charge is -2.30. The third-order valence-corrected chi connectivity index (χ3v) is 3.34. The van der Waals surface area contributed by atoms with Gasteiger partial charge in [0.15, 0.2) is 0 Å². The van der Waals surface area contributed by atoms with Crippen molar-refractivity contribution < 1.29 is 4.39 Å². The minimum atomic E-state index is -0.191. The summed E-state index contributed by atoms with van der Waals surface area (Å²) in [5.41, 5.74) is 3.73. The van der Waals surface area contributed by atoms with E-state index >= 15 is 0 Å². The lowest BCUT2D eigenvalue weighted by Crippen LogP contribution is -2.24. The van der Waals surface area contributed by atoms with Gasteiger partial charge in [0, 0.05) is 18.2 Å². The molecule has 0 amide bonds. The van der Waals surface area contributed by atoms with E-state index in [4.69, 9.17) is 0 Å². The summed E-state index contributed by atoms with van der Waals surface area (Å²) in [6.45, 7) is 0.875. The number of anilines is 1. The van der Waals surface area contributed by atoms with Crippen LogP contribution in [0.2, 0.25) is 0 Å². The summed E-state index contributed by atoms with van der Waals surface area (Å²) in [6, 6.07) is 15.1. The molecule has 0 radical (unpaired) electrons. The quantitative estimate of drug-likeness (QED) is 0.845. The third kappa shape index (κ3) is 2.03. The first-order chi connectivity index (χ1) is 8.33. The predicted molar refractivity (Wildman–Crippen MR) is 67.8 cm³/mol. The van der Waals surface area contributed by atoms with Crippen molar-refractivity contribution in [2.45, 2.75) is 12.3 Å². The van der Waals surface area contributed by atoms with Crippen LogP contribution in [-0.2, 0) is 6.42 Å². The molecule has 0 aliphatic heterocycles. The van der Waals surface area contributed by atoms with Gasteiger partial charge in [-0.3, -0.25) is 0 Å². The summed E-state index contributed by atoms with van der Waals surface area (Å²) in [6.07, 6.45) is 1.12. The standard InChI is InChI=1S/C15H14FN/c16-13-5-3-6-14(9-13)17-10-12-8-11-4-1-2-7-15(11)12/h1-7,9,12,17H,8,10H2. The molecule has 0 spiro atoms. The van der Waals surface area contributed by atoms with E-state index in [1.165, 1.54) is 23.3 Å². The molecule has 1 unspecified atom stereocenters. The number of fused-ring (bicyclic) bond motifs is 1. The molecule has 2 heteroatoms. The molecule has 0 bridgehead atoms. The first-order valence-electron chi connectivity index (χ1n) is 5.90. The second kappa shape index (κ2) is 4.21. The fourth-order valence-electron chi connectivity index (χ4n) is 2.38. The average molecular weight is 227 g/mol. The maximum atomic E-state index is 13.0. The summed E-state index contributed by atoms with van der Waals surface area (Å²) in [4.78, 5) is 0. The molecule has 17 heavy (non-hydrogen) atoms. The number of nitrogens with one attached hydrogen (secondary N) is 1. The highest BCUT2D eigenvalue weighted by Gasteiger charge is 2.24. The SMILES string of the molecule is Fc1cccc(NCC2Cc3ccccc32)c1. The van der Waals surface area contributed by atoms with Crippen LogP contribution in [0.4, 0.5) is 10.1 Å². The Hall–Kier alpha value is -1.83. The minimum Gasteiger partial charge on any atom is -0.384 e. The first kappa shape index (κ1) is 10.3. The topological polar surface area (TPSA) is 12.0 Å². The van der Waals surface area contributed by atoms with Crippen molar-refractivity contribution >= 4 is 5.69 Å². The average Bonchev–Trinajstić information content (AvgIpc) is 2.30. The molecule has 1 N–H and O–H groups in total. The fraction of sp³-hybridized carbons (Fsp3) is 0.200.